The lowest BCUT2D eigenvalue weighted by Crippen LogP contribution is -2.61. The van der Waals surface area contributed by atoms with Crippen LogP contribution in [0.4, 0.5) is 4.79 Å². The maximum absolute atomic E-state index is 12.3. The molecule has 3 amide bonds. The number of nitrogens with one attached hydrogen (secondary N) is 1. The maximum Gasteiger partial charge on any atom is 0.317 e. The van der Waals surface area contributed by atoms with E-state index in [-0.39, 0.29) is 11.9 Å². The van der Waals surface area contributed by atoms with Crippen LogP contribution >= 0.6 is 0 Å². The van der Waals surface area contributed by atoms with Gasteiger partial charge in [-0.05, 0) is 13.3 Å². The molecular formula is C12H22N4O3. The fourth-order valence-electron chi connectivity index (χ4n) is 2.44. The SMILES string of the molecule is CCNC(=O)N1CCN(C(=O)C2(N)CCOC2)CC1. The van der Waals surface area contributed by atoms with Gasteiger partial charge in [0.25, 0.3) is 0 Å². The molecule has 2 rings (SSSR count). The Hall–Kier alpha value is -1.34. The molecule has 1 atom stereocenters. The summed E-state index contributed by atoms with van der Waals surface area (Å²) < 4.78 is 5.22. The number of hydrogen-bond donors (Lipinski definition) is 2. The molecule has 2 heterocycles. The average Bonchev–Trinajstić information content (AvgIpc) is 2.86. The van der Waals surface area contributed by atoms with Gasteiger partial charge in [-0.25, -0.2) is 4.79 Å². The van der Waals surface area contributed by atoms with Crippen molar-refractivity contribution in [3.8, 4) is 0 Å². The van der Waals surface area contributed by atoms with Crippen molar-refractivity contribution in [1.82, 2.24) is 15.1 Å². The lowest BCUT2D eigenvalue weighted by Gasteiger charge is -2.37. The van der Waals surface area contributed by atoms with Gasteiger partial charge in [0.2, 0.25) is 5.91 Å². The predicted molar refractivity (Wildman–Crippen MR) is 69.6 cm³/mol. The number of carbonyl (C=O) groups is 2. The van der Waals surface area contributed by atoms with Crippen LogP contribution in [0.5, 0.6) is 0 Å². The number of carbonyl (C=O) groups excluding carboxylic acids is 2. The summed E-state index contributed by atoms with van der Waals surface area (Å²) in [4.78, 5) is 27.5. The van der Waals surface area contributed by atoms with E-state index < -0.39 is 5.54 Å². The maximum atomic E-state index is 12.3. The van der Waals surface area contributed by atoms with Crippen LogP contribution in [-0.4, -0.2) is 73.2 Å². The summed E-state index contributed by atoms with van der Waals surface area (Å²) in [6, 6.07) is -0.0683. The highest BCUT2D eigenvalue weighted by Crippen LogP contribution is 2.19. The van der Waals surface area contributed by atoms with Crippen molar-refractivity contribution in [1.29, 1.82) is 0 Å². The van der Waals surface area contributed by atoms with Crippen LogP contribution in [0.1, 0.15) is 13.3 Å². The standard InChI is InChI=1S/C12H22N4O3/c1-2-14-11(18)16-6-4-15(5-7-16)10(17)12(13)3-8-19-9-12/h2-9,13H2,1H3,(H,14,18). The Balaban J connectivity index is 1.86. The van der Waals surface area contributed by atoms with E-state index in [0.717, 1.165) is 0 Å². The Morgan fingerprint density at radius 1 is 1.26 bits per heavy atom. The van der Waals surface area contributed by atoms with Crippen molar-refractivity contribution in [3.63, 3.8) is 0 Å². The third-order valence-electron chi connectivity index (χ3n) is 3.66. The summed E-state index contributed by atoms with van der Waals surface area (Å²) in [5, 5.41) is 2.76. The fraction of sp³-hybridized carbons (Fsp3) is 0.833. The van der Waals surface area contributed by atoms with Gasteiger partial charge in [0, 0.05) is 39.3 Å². The first-order valence-electron chi connectivity index (χ1n) is 6.75. The molecule has 108 valence electrons. The lowest BCUT2D eigenvalue weighted by molar-refractivity contribution is -0.138. The number of urea groups is 1. The number of piperazine rings is 1. The lowest BCUT2D eigenvalue weighted by atomic mass is 9.98. The second-order valence-electron chi connectivity index (χ2n) is 5.07. The van der Waals surface area contributed by atoms with E-state index in [0.29, 0.717) is 52.4 Å². The monoisotopic (exact) mass is 270 g/mol. The summed E-state index contributed by atoms with van der Waals surface area (Å²) in [5.74, 6) is -0.0550. The summed E-state index contributed by atoms with van der Waals surface area (Å²) in [6.07, 6.45) is 0.572. The molecule has 0 aromatic rings. The Bertz CT molecular complexity index is 347. The molecule has 19 heavy (non-hydrogen) atoms. The van der Waals surface area contributed by atoms with Gasteiger partial charge in [-0.3, -0.25) is 4.79 Å². The smallest absolute Gasteiger partial charge is 0.317 e. The summed E-state index contributed by atoms with van der Waals surface area (Å²) >= 11 is 0. The van der Waals surface area contributed by atoms with Crippen LogP contribution in [0.25, 0.3) is 0 Å². The molecule has 0 aliphatic carbocycles. The minimum Gasteiger partial charge on any atom is -0.379 e. The van der Waals surface area contributed by atoms with Crippen molar-refractivity contribution in [3.05, 3.63) is 0 Å². The fourth-order valence-corrected chi connectivity index (χ4v) is 2.44. The van der Waals surface area contributed by atoms with Crippen LogP contribution < -0.4 is 11.1 Å². The van der Waals surface area contributed by atoms with Crippen LogP contribution in [0, 0.1) is 0 Å². The van der Waals surface area contributed by atoms with E-state index in [1.165, 1.54) is 0 Å². The molecule has 2 aliphatic rings. The summed E-state index contributed by atoms with van der Waals surface area (Å²) in [7, 11) is 0. The van der Waals surface area contributed by atoms with Crippen LogP contribution in [-0.2, 0) is 9.53 Å². The zero-order chi connectivity index (χ0) is 13.9. The van der Waals surface area contributed by atoms with Crippen molar-refractivity contribution >= 4 is 11.9 Å². The highest BCUT2D eigenvalue weighted by molar-refractivity contribution is 5.87. The number of amides is 3. The number of ether oxygens (including phenoxy) is 1. The highest BCUT2D eigenvalue weighted by atomic mass is 16.5. The third kappa shape index (κ3) is 2.98. The van der Waals surface area contributed by atoms with Gasteiger partial charge in [0.05, 0.1) is 6.61 Å². The van der Waals surface area contributed by atoms with Crippen LogP contribution in [0.3, 0.4) is 0 Å². The van der Waals surface area contributed by atoms with E-state index in [4.69, 9.17) is 10.5 Å². The predicted octanol–water partition coefficient (Wildman–Crippen LogP) is -1.02. The van der Waals surface area contributed by atoms with E-state index in [1.807, 2.05) is 6.92 Å². The van der Waals surface area contributed by atoms with Gasteiger partial charge in [0.15, 0.2) is 0 Å². The molecule has 0 bridgehead atoms. The van der Waals surface area contributed by atoms with Crippen LogP contribution in [0.2, 0.25) is 0 Å². The zero-order valence-electron chi connectivity index (χ0n) is 11.4. The van der Waals surface area contributed by atoms with Crippen molar-refractivity contribution < 1.29 is 14.3 Å². The third-order valence-corrected chi connectivity index (χ3v) is 3.66. The molecule has 3 N–H and O–H groups in total. The molecule has 2 fully saturated rings. The minimum absolute atomic E-state index is 0.0550. The van der Waals surface area contributed by atoms with Crippen molar-refractivity contribution in [2.45, 2.75) is 18.9 Å². The largest absolute Gasteiger partial charge is 0.379 e. The second kappa shape index (κ2) is 5.75. The molecule has 0 aromatic heterocycles. The average molecular weight is 270 g/mol. The van der Waals surface area contributed by atoms with Crippen molar-refractivity contribution in [2.75, 3.05) is 45.9 Å². The number of nitrogens with zero attached hydrogens (tertiary/aromatic N) is 2. The number of nitrogens with two attached hydrogens (primary N) is 1. The van der Waals surface area contributed by atoms with E-state index in [9.17, 15) is 9.59 Å². The highest BCUT2D eigenvalue weighted by Gasteiger charge is 2.41. The minimum atomic E-state index is -0.867. The van der Waals surface area contributed by atoms with E-state index in [2.05, 4.69) is 5.32 Å². The summed E-state index contributed by atoms with van der Waals surface area (Å²) in [6.45, 7) is 5.51. The molecular weight excluding hydrogens is 248 g/mol. The molecule has 2 aliphatic heterocycles. The quantitative estimate of drug-likeness (QED) is 0.672. The van der Waals surface area contributed by atoms with Gasteiger partial charge in [-0.1, -0.05) is 0 Å². The zero-order valence-corrected chi connectivity index (χ0v) is 11.4. The topological polar surface area (TPSA) is 87.9 Å². The van der Waals surface area contributed by atoms with Gasteiger partial charge in [-0.2, -0.15) is 0 Å². The Labute approximate surface area is 113 Å². The Morgan fingerprint density at radius 3 is 2.42 bits per heavy atom. The molecule has 7 nitrogen and oxygen atoms in total. The van der Waals surface area contributed by atoms with E-state index in [1.54, 1.807) is 9.80 Å². The molecule has 2 saturated heterocycles. The van der Waals surface area contributed by atoms with Crippen LogP contribution in [0.15, 0.2) is 0 Å². The molecule has 0 saturated carbocycles. The normalized spacial score (nSPS) is 27.5. The number of rotatable bonds is 2. The first-order chi connectivity index (χ1) is 9.07. The Morgan fingerprint density at radius 2 is 1.89 bits per heavy atom. The van der Waals surface area contributed by atoms with Gasteiger partial charge in [0.1, 0.15) is 5.54 Å². The number of hydrogen-bond acceptors (Lipinski definition) is 4. The van der Waals surface area contributed by atoms with Crippen molar-refractivity contribution in [2.24, 2.45) is 5.73 Å². The second-order valence-corrected chi connectivity index (χ2v) is 5.07. The summed E-state index contributed by atoms with van der Waals surface area (Å²) in [5.41, 5.74) is 5.20. The molecule has 0 spiro atoms. The molecule has 0 radical (unpaired) electrons. The van der Waals surface area contributed by atoms with E-state index >= 15 is 0 Å². The first-order valence-corrected chi connectivity index (χ1v) is 6.75. The Kier molecular flexibility index (Phi) is 4.26. The van der Waals surface area contributed by atoms with Gasteiger partial charge >= 0.3 is 6.03 Å². The molecule has 1 unspecified atom stereocenters. The molecule has 0 aromatic carbocycles. The van der Waals surface area contributed by atoms with Gasteiger partial charge in [-0.15, -0.1) is 0 Å². The molecule has 7 heteroatoms. The van der Waals surface area contributed by atoms with Gasteiger partial charge < -0.3 is 25.6 Å². The first kappa shape index (κ1) is 14.1.